The van der Waals surface area contributed by atoms with E-state index in [0.717, 1.165) is 5.69 Å². The summed E-state index contributed by atoms with van der Waals surface area (Å²) in [6.45, 7) is 4.85. The van der Waals surface area contributed by atoms with E-state index in [2.05, 4.69) is 37.1 Å². The molecule has 1 aliphatic heterocycles. The molecule has 3 aromatic rings. The van der Waals surface area contributed by atoms with Gasteiger partial charge in [-0.05, 0) is 58.8 Å². The highest BCUT2D eigenvalue weighted by molar-refractivity contribution is 9.10. The van der Waals surface area contributed by atoms with Crippen LogP contribution in [0.1, 0.15) is 18.3 Å². The summed E-state index contributed by atoms with van der Waals surface area (Å²) in [5.41, 5.74) is 1.88. The van der Waals surface area contributed by atoms with Crippen LogP contribution in [0.5, 0.6) is 11.5 Å². The van der Waals surface area contributed by atoms with Gasteiger partial charge in [0.05, 0.1) is 35.6 Å². The van der Waals surface area contributed by atoms with Crippen LogP contribution < -0.4 is 9.64 Å². The second kappa shape index (κ2) is 9.85. The number of hydrogen-bond acceptors (Lipinski definition) is 7. The van der Waals surface area contributed by atoms with Crippen molar-refractivity contribution in [3.8, 4) is 23.3 Å². The first-order chi connectivity index (χ1) is 15.6. The van der Waals surface area contributed by atoms with Crippen molar-refractivity contribution in [1.29, 1.82) is 5.26 Å². The van der Waals surface area contributed by atoms with Gasteiger partial charge in [-0.15, -0.1) is 10.2 Å². The summed E-state index contributed by atoms with van der Waals surface area (Å²) in [4.78, 5) is 2.10. The van der Waals surface area contributed by atoms with Gasteiger partial charge in [0.25, 0.3) is 0 Å². The van der Waals surface area contributed by atoms with Gasteiger partial charge in [-0.1, -0.05) is 18.2 Å². The molecule has 1 N–H and O–H groups in total. The molecule has 164 valence electrons. The molecule has 8 nitrogen and oxygen atoms in total. The number of para-hydroxylation sites is 1. The quantitative estimate of drug-likeness (QED) is 0.515. The van der Waals surface area contributed by atoms with Crippen molar-refractivity contribution in [3.05, 3.63) is 58.3 Å². The Labute approximate surface area is 194 Å². The third-order valence-electron chi connectivity index (χ3n) is 4.98. The molecule has 2 aromatic carbocycles. The molecule has 4 rings (SSSR count). The molecule has 1 saturated heterocycles. The first kappa shape index (κ1) is 21.9. The number of hydrogen-bond donors (Lipinski definition) is 1. The van der Waals surface area contributed by atoms with Crippen LogP contribution in [0.2, 0.25) is 0 Å². The van der Waals surface area contributed by atoms with Crippen LogP contribution in [0.4, 0.5) is 5.95 Å². The number of ether oxygens (including phenoxy) is 2. The molecule has 0 spiro atoms. The fourth-order valence-electron chi connectivity index (χ4n) is 3.49. The number of halogens is 1. The number of phenolic OH excluding ortho intramolecular Hbond substituents is 1. The number of aromatic nitrogens is 3. The molecule has 0 unspecified atom stereocenters. The van der Waals surface area contributed by atoms with Crippen molar-refractivity contribution in [3.63, 3.8) is 0 Å². The van der Waals surface area contributed by atoms with Crippen molar-refractivity contribution >= 4 is 33.5 Å². The van der Waals surface area contributed by atoms with Crippen molar-refractivity contribution < 1.29 is 14.6 Å². The van der Waals surface area contributed by atoms with Crippen LogP contribution in [0.25, 0.3) is 17.3 Å². The largest absolute Gasteiger partial charge is 0.503 e. The molecular formula is C23H22BrN5O3. The molecule has 0 atom stereocenters. The summed E-state index contributed by atoms with van der Waals surface area (Å²) in [7, 11) is 0. The topological polar surface area (TPSA) is 96.4 Å². The Kier molecular flexibility index (Phi) is 6.73. The van der Waals surface area contributed by atoms with Crippen molar-refractivity contribution in [2.75, 3.05) is 37.8 Å². The van der Waals surface area contributed by atoms with Crippen LogP contribution in [-0.4, -0.2) is 52.8 Å². The van der Waals surface area contributed by atoms with Crippen LogP contribution in [-0.2, 0) is 4.74 Å². The lowest BCUT2D eigenvalue weighted by Crippen LogP contribution is -2.38. The molecule has 9 heteroatoms. The monoisotopic (exact) mass is 495 g/mol. The van der Waals surface area contributed by atoms with Crippen LogP contribution in [0, 0.1) is 11.3 Å². The molecule has 32 heavy (non-hydrogen) atoms. The van der Waals surface area contributed by atoms with Crippen LogP contribution >= 0.6 is 15.9 Å². The standard InChI is InChI=1S/C23H22BrN5O3/c1-2-32-20-14-16(13-19(24)21(20)30)12-17(15-25)22-26-27-23(28-8-10-31-11-9-28)29(22)18-6-4-3-5-7-18/h3-7,12-14,30H,2,8-11H2,1H3. The Morgan fingerprint density at radius 1 is 1.25 bits per heavy atom. The van der Waals surface area contributed by atoms with E-state index < -0.39 is 0 Å². The third kappa shape index (κ3) is 4.47. The zero-order chi connectivity index (χ0) is 22.5. The Balaban J connectivity index is 1.83. The number of rotatable bonds is 6. The maximum atomic E-state index is 10.2. The molecule has 1 aromatic heterocycles. The van der Waals surface area contributed by atoms with Gasteiger partial charge in [0.15, 0.2) is 17.3 Å². The minimum absolute atomic E-state index is 0.0181. The van der Waals surface area contributed by atoms with E-state index in [1.165, 1.54) is 0 Å². The smallest absolute Gasteiger partial charge is 0.232 e. The van der Waals surface area contributed by atoms with Crippen molar-refractivity contribution in [2.45, 2.75) is 6.92 Å². The average Bonchev–Trinajstić information content (AvgIpc) is 3.27. The molecule has 0 radical (unpaired) electrons. The summed E-state index contributed by atoms with van der Waals surface area (Å²) < 4.78 is 13.4. The maximum Gasteiger partial charge on any atom is 0.232 e. The first-order valence-corrected chi connectivity index (χ1v) is 11.0. The molecule has 0 bridgehead atoms. The van der Waals surface area contributed by atoms with E-state index in [1.54, 1.807) is 18.2 Å². The van der Waals surface area contributed by atoms with Gasteiger partial charge in [-0.2, -0.15) is 5.26 Å². The van der Waals surface area contributed by atoms with Gasteiger partial charge < -0.3 is 19.5 Å². The second-order valence-corrected chi connectivity index (χ2v) is 7.90. The molecule has 2 heterocycles. The Hall–Kier alpha value is -3.35. The van der Waals surface area contributed by atoms with E-state index >= 15 is 0 Å². The van der Waals surface area contributed by atoms with Gasteiger partial charge >= 0.3 is 0 Å². The van der Waals surface area contributed by atoms with Crippen molar-refractivity contribution in [2.24, 2.45) is 0 Å². The Bertz CT molecular complexity index is 1160. The normalized spacial score (nSPS) is 14.3. The predicted molar refractivity (Wildman–Crippen MR) is 125 cm³/mol. The van der Waals surface area contributed by atoms with Gasteiger partial charge in [-0.25, -0.2) is 0 Å². The van der Waals surface area contributed by atoms with Gasteiger partial charge in [0, 0.05) is 13.1 Å². The number of anilines is 1. The summed E-state index contributed by atoms with van der Waals surface area (Å²) >= 11 is 3.35. The Morgan fingerprint density at radius 3 is 2.69 bits per heavy atom. The molecule has 0 saturated carbocycles. The highest BCUT2D eigenvalue weighted by atomic mass is 79.9. The van der Waals surface area contributed by atoms with Gasteiger partial charge in [-0.3, -0.25) is 4.57 Å². The van der Waals surface area contributed by atoms with E-state index in [-0.39, 0.29) is 5.75 Å². The minimum Gasteiger partial charge on any atom is -0.503 e. The van der Waals surface area contributed by atoms with Gasteiger partial charge in [0.2, 0.25) is 5.95 Å². The SMILES string of the molecule is CCOc1cc(C=C(C#N)c2nnc(N3CCOCC3)n2-c2ccccc2)cc(Br)c1O. The van der Waals surface area contributed by atoms with E-state index in [0.29, 0.717) is 66.0 Å². The third-order valence-corrected chi connectivity index (χ3v) is 5.58. The first-order valence-electron chi connectivity index (χ1n) is 10.2. The number of morpholine rings is 1. The van der Waals surface area contributed by atoms with E-state index in [9.17, 15) is 10.4 Å². The summed E-state index contributed by atoms with van der Waals surface area (Å²) in [6.07, 6.45) is 1.71. The lowest BCUT2D eigenvalue weighted by molar-refractivity contribution is 0.122. The number of aromatic hydroxyl groups is 1. The minimum atomic E-state index is 0.0181. The molecule has 1 fully saturated rings. The molecule has 0 aliphatic carbocycles. The van der Waals surface area contributed by atoms with Crippen LogP contribution in [0.15, 0.2) is 46.9 Å². The molecular weight excluding hydrogens is 474 g/mol. The molecule has 1 aliphatic rings. The maximum absolute atomic E-state index is 10.2. The number of nitriles is 1. The highest BCUT2D eigenvalue weighted by Gasteiger charge is 2.23. The Morgan fingerprint density at radius 2 is 2.00 bits per heavy atom. The predicted octanol–water partition coefficient (Wildman–Crippen LogP) is 4.03. The lowest BCUT2D eigenvalue weighted by atomic mass is 10.1. The van der Waals surface area contributed by atoms with E-state index in [1.807, 2.05) is 41.8 Å². The van der Waals surface area contributed by atoms with Crippen molar-refractivity contribution in [1.82, 2.24) is 14.8 Å². The van der Waals surface area contributed by atoms with Crippen LogP contribution in [0.3, 0.4) is 0 Å². The summed E-state index contributed by atoms with van der Waals surface area (Å²) in [5, 5.41) is 29.0. The lowest BCUT2D eigenvalue weighted by Gasteiger charge is -2.28. The second-order valence-electron chi connectivity index (χ2n) is 7.05. The summed E-state index contributed by atoms with van der Waals surface area (Å²) in [6, 6.07) is 15.4. The highest BCUT2D eigenvalue weighted by Crippen LogP contribution is 2.36. The zero-order valence-corrected chi connectivity index (χ0v) is 19.1. The fourth-order valence-corrected chi connectivity index (χ4v) is 3.95. The number of nitrogens with zero attached hydrogens (tertiary/aromatic N) is 5. The average molecular weight is 496 g/mol. The fraction of sp³-hybridized carbons (Fsp3) is 0.261. The zero-order valence-electron chi connectivity index (χ0n) is 17.5. The summed E-state index contributed by atoms with van der Waals surface area (Å²) in [5.74, 6) is 1.45. The number of phenols is 1. The molecule has 0 amide bonds. The number of benzene rings is 2. The van der Waals surface area contributed by atoms with E-state index in [4.69, 9.17) is 9.47 Å². The van der Waals surface area contributed by atoms with Gasteiger partial charge in [0.1, 0.15) is 6.07 Å². The number of allylic oxidation sites excluding steroid dienone is 1.